The predicted molar refractivity (Wildman–Crippen MR) is 176 cm³/mol. The summed E-state index contributed by atoms with van der Waals surface area (Å²) in [4.78, 5) is 53.4. The number of carbonyl (C=O) groups is 4. The Kier molecular flexibility index (Phi) is 10.7. The Morgan fingerprint density at radius 1 is 0.915 bits per heavy atom. The van der Waals surface area contributed by atoms with Crippen LogP contribution in [-0.4, -0.2) is 55.2 Å². The average molecular weight is 663 g/mol. The summed E-state index contributed by atoms with van der Waals surface area (Å²) in [5.74, 6) is -3.41. The molecule has 3 amide bonds. The molecular formula is C34H38N4O8S. The summed E-state index contributed by atoms with van der Waals surface area (Å²) in [7, 11) is -4.29. The summed E-state index contributed by atoms with van der Waals surface area (Å²) in [6, 6.07) is 18.1. The summed E-state index contributed by atoms with van der Waals surface area (Å²) in [6.07, 6.45) is 0.00282. The number of H-pyrrole nitrogens is 1. The molecule has 12 nitrogen and oxygen atoms in total. The molecular weight excluding hydrogens is 624 g/mol. The molecule has 0 radical (unpaired) electrons. The summed E-state index contributed by atoms with van der Waals surface area (Å²) in [6.45, 7) is 7.30. The van der Waals surface area contributed by atoms with Crippen LogP contribution in [0.1, 0.15) is 65.2 Å². The van der Waals surface area contributed by atoms with Gasteiger partial charge in [0.25, 0.3) is 11.7 Å². The topological polar surface area (TPSA) is 187 Å². The molecule has 1 heterocycles. The molecule has 0 aliphatic heterocycles. The number of fused-ring (bicyclic) bond motifs is 1. The number of nitrogens with two attached hydrogens (primary N) is 1. The molecule has 0 bridgehead atoms. The Labute approximate surface area is 272 Å². The van der Waals surface area contributed by atoms with Gasteiger partial charge in [-0.05, 0) is 69.0 Å². The summed E-state index contributed by atoms with van der Waals surface area (Å²) in [5.41, 5.74) is 6.98. The van der Waals surface area contributed by atoms with Crippen LogP contribution in [0.15, 0.2) is 71.6 Å². The molecule has 0 fully saturated rings. The standard InChI is InChI=1S/C34H38N4O8S/c1-5-24-29(30(39)32(41)37-19-22-10-7-6-8-11-22)28-25(38-24)12-9-13-26(28)45-20-47(43,44)27-18-21(14-15-23(27)31(35)40)16-17-36-33(42)46-34(2,3)4/h6-15,18,38H,5,16-17,19-20H2,1-4H3,(H2,35,40)(H,36,42)(H,37,41). The first-order valence-electron chi connectivity index (χ1n) is 14.9. The van der Waals surface area contributed by atoms with E-state index in [4.69, 9.17) is 15.2 Å². The number of aromatic amines is 1. The molecule has 0 saturated heterocycles. The van der Waals surface area contributed by atoms with Crippen molar-refractivity contribution in [2.45, 2.75) is 57.6 Å². The highest BCUT2D eigenvalue weighted by Crippen LogP contribution is 2.33. The van der Waals surface area contributed by atoms with Gasteiger partial charge in [0.1, 0.15) is 11.4 Å². The van der Waals surface area contributed by atoms with Gasteiger partial charge in [-0.1, -0.05) is 49.4 Å². The number of primary amides is 1. The van der Waals surface area contributed by atoms with Crippen molar-refractivity contribution in [3.63, 3.8) is 0 Å². The summed E-state index contributed by atoms with van der Waals surface area (Å²) < 4.78 is 38.2. The molecule has 4 aromatic rings. The van der Waals surface area contributed by atoms with Gasteiger partial charge in [-0.2, -0.15) is 0 Å². The fourth-order valence-corrected chi connectivity index (χ4v) is 6.13. The van der Waals surface area contributed by atoms with E-state index < -0.39 is 45.1 Å². The number of sulfone groups is 1. The number of hydrogen-bond acceptors (Lipinski definition) is 8. The molecule has 0 atom stereocenters. The maximum Gasteiger partial charge on any atom is 0.407 e. The van der Waals surface area contributed by atoms with Gasteiger partial charge < -0.3 is 30.8 Å². The minimum absolute atomic E-state index is 0.0552. The van der Waals surface area contributed by atoms with E-state index in [1.807, 2.05) is 37.3 Å². The first-order chi connectivity index (χ1) is 22.2. The number of amides is 3. The van der Waals surface area contributed by atoms with Crippen LogP contribution in [0, 0.1) is 0 Å². The second kappa shape index (κ2) is 14.5. The number of benzene rings is 3. The lowest BCUT2D eigenvalue weighted by Crippen LogP contribution is -2.33. The van der Waals surface area contributed by atoms with E-state index in [0.29, 0.717) is 23.2 Å². The zero-order chi connectivity index (χ0) is 34.4. The van der Waals surface area contributed by atoms with Crippen LogP contribution in [0.25, 0.3) is 10.9 Å². The SMILES string of the molecule is CCc1[nH]c2cccc(OCS(=O)(=O)c3cc(CCNC(=O)OC(C)(C)C)ccc3C(N)=O)c2c1C(=O)C(=O)NCc1ccccc1. The van der Waals surface area contributed by atoms with Gasteiger partial charge in [0.2, 0.25) is 15.7 Å². The van der Waals surface area contributed by atoms with E-state index in [9.17, 15) is 27.6 Å². The maximum atomic E-state index is 13.6. The minimum atomic E-state index is -4.29. The normalized spacial score (nSPS) is 11.6. The van der Waals surface area contributed by atoms with Gasteiger partial charge in [-0.3, -0.25) is 14.4 Å². The number of nitrogens with one attached hydrogen (secondary N) is 3. The number of ether oxygens (including phenoxy) is 2. The van der Waals surface area contributed by atoms with Gasteiger partial charge in [0.05, 0.1) is 26.9 Å². The second-order valence-corrected chi connectivity index (χ2v) is 13.7. The number of rotatable bonds is 13. The van der Waals surface area contributed by atoms with E-state index in [0.717, 1.165) is 5.56 Å². The van der Waals surface area contributed by atoms with Crippen LogP contribution in [0.5, 0.6) is 5.75 Å². The van der Waals surface area contributed by atoms with E-state index in [1.165, 1.54) is 18.2 Å². The third-order valence-corrected chi connectivity index (χ3v) is 8.48. The van der Waals surface area contributed by atoms with Gasteiger partial charge in [0, 0.05) is 18.8 Å². The molecule has 0 spiro atoms. The van der Waals surface area contributed by atoms with Crippen molar-refractivity contribution in [3.8, 4) is 5.75 Å². The third-order valence-electron chi connectivity index (χ3n) is 7.04. The molecule has 1 aromatic heterocycles. The zero-order valence-corrected chi connectivity index (χ0v) is 27.5. The fraction of sp³-hybridized carbons (Fsp3) is 0.294. The number of Topliss-reactive ketones (excluding diaryl/α,β-unsaturated/α-hetero) is 1. The predicted octanol–water partition coefficient (Wildman–Crippen LogP) is 4.21. The van der Waals surface area contributed by atoms with Gasteiger partial charge >= 0.3 is 6.09 Å². The number of aromatic nitrogens is 1. The van der Waals surface area contributed by atoms with Crippen molar-refractivity contribution >= 4 is 44.4 Å². The Hall–Kier alpha value is -5.17. The third kappa shape index (κ3) is 8.76. The summed E-state index contributed by atoms with van der Waals surface area (Å²) in [5, 5.41) is 5.51. The van der Waals surface area contributed by atoms with Crippen molar-refractivity contribution in [2.24, 2.45) is 5.73 Å². The average Bonchev–Trinajstić information content (AvgIpc) is 3.41. The number of alkyl carbamates (subject to hydrolysis) is 1. The number of ketones is 1. The fourth-order valence-electron chi connectivity index (χ4n) is 4.89. The number of carbonyl (C=O) groups excluding carboxylic acids is 4. The van der Waals surface area contributed by atoms with E-state index in [1.54, 1.807) is 39.0 Å². The van der Waals surface area contributed by atoms with Crippen molar-refractivity contribution in [1.29, 1.82) is 0 Å². The first-order valence-corrected chi connectivity index (χ1v) is 16.6. The quantitative estimate of drug-likeness (QED) is 0.121. The zero-order valence-electron chi connectivity index (χ0n) is 26.6. The second-order valence-electron chi connectivity index (χ2n) is 11.8. The highest BCUT2D eigenvalue weighted by Gasteiger charge is 2.28. The van der Waals surface area contributed by atoms with Crippen molar-refractivity contribution in [3.05, 3.63) is 94.7 Å². The molecule has 0 aliphatic rings. The van der Waals surface area contributed by atoms with Crippen LogP contribution in [0.2, 0.25) is 0 Å². The van der Waals surface area contributed by atoms with Crippen LogP contribution in [-0.2, 0) is 38.8 Å². The Morgan fingerprint density at radius 3 is 2.30 bits per heavy atom. The van der Waals surface area contributed by atoms with E-state index in [-0.39, 0.29) is 46.7 Å². The lowest BCUT2D eigenvalue weighted by molar-refractivity contribution is -0.117. The van der Waals surface area contributed by atoms with Crippen molar-refractivity contribution < 1.29 is 37.1 Å². The highest BCUT2D eigenvalue weighted by atomic mass is 32.2. The molecule has 0 unspecified atom stereocenters. The van der Waals surface area contributed by atoms with E-state index >= 15 is 0 Å². The largest absolute Gasteiger partial charge is 0.477 e. The molecule has 3 aromatic carbocycles. The Morgan fingerprint density at radius 2 is 1.64 bits per heavy atom. The smallest absolute Gasteiger partial charge is 0.407 e. The van der Waals surface area contributed by atoms with Crippen LogP contribution < -0.4 is 21.1 Å². The van der Waals surface area contributed by atoms with Gasteiger partial charge in [-0.25, -0.2) is 13.2 Å². The van der Waals surface area contributed by atoms with Gasteiger partial charge in [-0.15, -0.1) is 0 Å². The van der Waals surface area contributed by atoms with Crippen LogP contribution in [0.4, 0.5) is 4.79 Å². The minimum Gasteiger partial charge on any atom is -0.477 e. The Balaban J connectivity index is 1.57. The van der Waals surface area contributed by atoms with E-state index in [2.05, 4.69) is 15.6 Å². The number of hydrogen-bond donors (Lipinski definition) is 4. The lowest BCUT2D eigenvalue weighted by Gasteiger charge is -2.19. The van der Waals surface area contributed by atoms with Crippen LogP contribution in [0.3, 0.4) is 0 Å². The molecule has 0 saturated carbocycles. The van der Waals surface area contributed by atoms with Crippen molar-refractivity contribution in [1.82, 2.24) is 15.6 Å². The van der Waals surface area contributed by atoms with Crippen molar-refractivity contribution in [2.75, 3.05) is 12.5 Å². The molecule has 5 N–H and O–H groups in total. The Bertz CT molecular complexity index is 1910. The lowest BCUT2D eigenvalue weighted by atomic mass is 10.0. The molecule has 4 rings (SSSR count). The maximum absolute atomic E-state index is 13.6. The molecule has 47 heavy (non-hydrogen) atoms. The molecule has 248 valence electrons. The monoisotopic (exact) mass is 662 g/mol. The summed E-state index contributed by atoms with van der Waals surface area (Å²) >= 11 is 0. The molecule has 13 heteroatoms. The van der Waals surface area contributed by atoms with Crippen LogP contribution >= 0.6 is 0 Å². The van der Waals surface area contributed by atoms with Gasteiger partial charge in [0.15, 0.2) is 5.94 Å². The number of aryl methyl sites for hydroxylation is 1. The molecule has 0 aliphatic carbocycles. The first kappa shape index (κ1) is 34.7. The highest BCUT2D eigenvalue weighted by molar-refractivity contribution is 7.91.